The van der Waals surface area contributed by atoms with E-state index in [9.17, 15) is 14.4 Å². The monoisotopic (exact) mass is 488 g/mol. The van der Waals surface area contributed by atoms with Crippen molar-refractivity contribution in [2.24, 2.45) is 5.92 Å². The van der Waals surface area contributed by atoms with Crippen LogP contribution in [0.1, 0.15) is 70.4 Å². The molecule has 2 bridgehead atoms. The lowest BCUT2D eigenvalue weighted by atomic mass is 9.80. The van der Waals surface area contributed by atoms with Crippen LogP contribution in [0.5, 0.6) is 0 Å². The highest BCUT2D eigenvalue weighted by Gasteiger charge is 2.62. The molecule has 1 N–H and O–H groups in total. The minimum absolute atomic E-state index is 0. The van der Waals surface area contributed by atoms with Crippen LogP contribution in [-0.4, -0.2) is 69.8 Å². The number of carbonyl (C=O) groups excluding carboxylic acids is 3. The van der Waals surface area contributed by atoms with Crippen molar-refractivity contribution in [3.63, 3.8) is 0 Å². The van der Waals surface area contributed by atoms with E-state index in [4.69, 9.17) is 0 Å². The Bertz CT molecular complexity index is 921. The van der Waals surface area contributed by atoms with Crippen LogP contribution in [0.25, 0.3) is 0 Å². The van der Waals surface area contributed by atoms with Gasteiger partial charge in [-0.15, -0.1) is 12.4 Å². The summed E-state index contributed by atoms with van der Waals surface area (Å²) in [6.45, 7) is 4.90. The van der Waals surface area contributed by atoms with Gasteiger partial charge in [0.2, 0.25) is 5.91 Å². The average Bonchev–Trinajstić information content (AvgIpc) is 3.59. The second-order valence-electron chi connectivity index (χ2n) is 10.7. The van der Waals surface area contributed by atoms with E-state index in [0.29, 0.717) is 24.9 Å². The predicted octanol–water partition coefficient (Wildman–Crippen LogP) is 3.73. The third-order valence-corrected chi connectivity index (χ3v) is 8.23. The molecule has 8 heteroatoms. The van der Waals surface area contributed by atoms with Gasteiger partial charge in [0.1, 0.15) is 5.54 Å². The molecule has 34 heavy (non-hydrogen) atoms. The summed E-state index contributed by atoms with van der Waals surface area (Å²) in [4.78, 5) is 44.4. The number of piperidine rings is 1. The zero-order valence-corrected chi connectivity index (χ0v) is 21.2. The minimum Gasteiger partial charge on any atom is -0.349 e. The van der Waals surface area contributed by atoms with Gasteiger partial charge in [-0.1, -0.05) is 30.3 Å². The first-order chi connectivity index (χ1) is 15.8. The number of nitrogens with zero attached hydrogens (tertiary/aromatic N) is 3. The highest BCUT2D eigenvalue weighted by Crippen LogP contribution is 2.48. The van der Waals surface area contributed by atoms with E-state index in [-0.39, 0.29) is 48.3 Å². The molecule has 0 aromatic heterocycles. The van der Waals surface area contributed by atoms with Gasteiger partial charge < -0.3 is 10.2 Å². The lowest BCUT2D eigenvalue weighted by molar-refractivity contribution is -0.137. The predicted molar refractivity (Wildman–Crippen MR) is 133 cm³/mol. The Morgan fingerprint density at radius 3 is 2.24 bits per heavy atom. The van der Waals surface area contributed by atoms with Crippen LogP contribution < -0.4 is 5.32 Å². The molecule has 2 unspecified atom stereocenters. The van der Waals surface area contributed by atoms with Crippen LogP contribution >= 0.6 is 12.4 Å². The number of amides is 4. The first kappa shape index (κ1) is 25.0. The lowest BCUT2D eigenvalue weighted by Gasteiger charge is -2.48. The van der Waals surface area contributed by atoms with Gasteiger partial charge in [-0.05, 0) is 64.4 Å². The Morgan fingerprint density at radius 1 is 1.06 bits per heavy atom. The van der Waals surface area contributed by atoms with Gasteiger partial charge in [0.05, 0.1) is 6.04 Å². The van der Waals surface area contributed by atoms with Crippen molar-refractivity contribution in [1.82, 2.24) is 20.0 Å². The number of benzene rings is 1. The normalized spacial score (nSPS) is 29.6. The van der Waals surface area contributed by atoms with Crippen molar-refractivity contribution < 1.29 is 14.4 Å². The summed E-state index contributed by atoms with van der Waals surface area (Å²) in [7, 11) is 1.62. The molecule has 1 aromatic rings. The molecule has 4 aliphatic rings. The van der Waals surface area contributed by atoms with Crippen molar-refractivity contribution in [2.75, 3.05) is 13.6 Å². The Morgan fingerprint density at radius 2 is 1.68 bits per heavy atom. The van der Waals surface area contributed by atoms with Crippen molar-refractivity contribution in [2.45, 2.75) is 88.5 Å². The largest absolute Gasteiger partial charge is 0.349 e. The van der Waals surface area contributed by atoms with Gasteiger partial charge in [0, 0.05) is 37.6 Å². The molecular formula is C26H37ClN4O3. The zero-order valence-electron chi connectivity index (χ0n) is 20.4. The molecular weight excluding hydrogens is 452 g/mol. The molecule has 186 valence electrons. The number of fused-ring (bicyclic) bond motifs is 2. The Hall–Kier alpha value is -2.12. The standard InChI is InChI=1S/C26H36N4O3.ClH/c1-17(2)30-25(33)28(3)24(32)26(30)15-20-11-12-21(16-26)29(20)14-13-22(18-7-5-4-6-8-18)27-23(31)19-9-10-19;/h4-8,17,19-22H,9-16H2,1-3H3,(H,27,31);1H/t20?,21?,22-,26?;/m0./s1. The van der Waals surface area contributed by atoms with Crippen LogP contribution in [0.2, 0.25) is 0 Å². The fourth-order valence-electron chi connectivity index (χ4n) is 6.54. The summed E-state index contributed by atoms with van der Waals surface area (Å²) in [6, 6.07) is 10.7. The van der Waals surface area contributed by atoms with Gasteiger partial charge >= 0.3 is 6.03 Å². The summed E-state index contributed by atoms with van der Waals surface area (Å²) in [5.74, 6) is 0.332. The number of hydrogen-bond donors (Lipinski definition) is 1. The second kappa shape index (κ2) is 9.50. The molecule has 1 saturated carbocycles. The van der Waals surface area contributed by atoms with Crippen molar-refractivity contribution >= 4 is 30.3 Å². The fraction of sp³-hybridized carbons (Fsp3) is 0.654. The SMILES string of the molecule is CC(C)N1C(=O)N(C)C(=O)C12CC1CCC(C2)N1CC[C@H](NC(=O)C1CC1)c1ccccc1.Cl. The Balaban J connectivity index is 0.00000274. The molecule has 1 spiro atoms. The van der Waals surface area contributed by atoms with E-state index >= 15 is 0 Å². The van der Waals surface area contributed by atoms with Crippen LogP contribution in [0, 0.1) is 5.92 Å². The summed E-state index contributed by atoms with van der Waals surface area (Å²) in [5, 5.41) is 3.29. The maximum Gasteiger partial charge on any atom is 0.327 e. The number of halogens is 1. The molecule has 7 nitrogen and oxygen atoms in total. The maximum atomic E-state index is 13.3. The molecule has 1 aromatic carbocycles. The van der Waals surface area contributed by atoms with Crippen LogP contribution in [0.4, 0.5) is 4.79 Å². The van der Waals surface area contributed by atoms with E-state index in [0.717, 1.165) is 44.2 Å². The number of rotatable bonds is 7. The number of likely N-dealkylation sites (N-methyl/N-ethyl adjacent to an activating group) is 1. The zero-order chi connectivity index (χ0) is 23.3. The molecule has 3 heterocycles. The molecule has 4 amide bonds. The quantitative estimate of drug-likeness (QED) is 0.593. The Labute approximate surface area is 208 Å². The summed E-state index contributed by atoms with van der Waals surface area (Å²) >= 11 is 0. The number of urea groups is 1. The molecule has 4 fully saturated rings. The van der Waals surface area contributed by atoms with Crippen molar-refractivity contribution in [3.05, 3.63) is 35.9 Å². The smallest absolute Gasteiger partial charge is 0.327 e. The molecule has 3 atom stereocenters. The maximum absolute atomic E-state index is 13.3. The number of nitrogens with one attached hydrogen (secondary N) is 1. The highest BCUT2D eigenvalue weighted by molar-refractivity contribution is 6.07. The van der Waals surface area contributed by atoms with E-state index in [2.05, 4.69) is 22.3 Å². The topological polar surface area (TPSA) is 73.0 Å². The first-order valence-electron chi connectivity index (χ1n) is 12.5. The molecule has 5 rings (SSSR count). The van der Waals surface area contributed by atoms with E-state index in [1.54, 1.807) is 7.05 Å². The van der Waals surface area contributed by atoms with Gasteiger partial charge in [0.25, 0.3) is 5.91 Å². The summed E-state index contributed by atoms with van der Waals surface area (Å²) in [6.07, 6.45) is 6.39. The third-order valence-electron chi connectivity index (χ3n) is 8.23. The highest BCUT2D eigenvalue weighted by atomic mass is 35.5. The summed E-state index contributed by atoms with van der Waals surface area (Å²) < 4.78 is 0. The lowest BCUT2D eigenvalue weighted by Crippen LogP contribution is -2.61. The van der Waals surface area contributed by atoms with Crippen LogP contribution in [0.3, 0.4) is 0 Å². The van der Waals surface area contributed by atoms with Gasteiger partial charge in [-0.3, -0.25) is 19.4 Å². The van der Waals surface area contributed by atoms with Crippen LogP contribution in [0.15, 0.2) is 30.3 Å². The first-order valence-corrected chi connectivity index (χ1v) is 12.5. The van der Waals surface area contributed by atoms with Gasteiger partial charge in [-0.2, -0.15) is 0 Å². The van der Waals surface area contributed by atoms with Crippen LogP contribution in [-0.2, 0) is 9.59 Å². The van der Waals surface area contributed by atoms with Crippen molar-refractivity contribution in [3.8, 4) is 0 Å². The minimum atomic E-state index is -0.693. The number of carbonyl (C=O) groups is 3. The number of imide groups is 1. The fourth-order valence-corrected chi connectivity index (χ4v) is 6.54. The van der Waals surface area contributed by atoms with Crippen molar-refractivity contribution in [1.29, 1.82) is 0 Å². The second-order valence-corrected chi connectivity index (χ2v) is 10.7. The summed E-state index contributed by atoms with van der Waals surface area (Å²) in [5.41, 5.74) is 0.456. The average molecular weight is 489 g/mol. The van der Waals surface area contributed by atoms with E-state index in [1.165, 1.54) is 4.90 Å². The third kappa shape index (κ3) is 4.22. The molecule has 1 aliphatic carbocycles. The number of hydrogen-bond acceptors (Lipinski definition) is 4. The van der Waals surface area contributed by atoms with E-state index in [1.807, 2.05) is 36.9 Å². The van der Waals surface area contributed by atoms with E-state index < -0.39 is 5.54 Å². The van der Waals surface area contributed by atoms with Gasteiger partial charge in [0.15, 0.2) is 0 Å². The molecule has 3 saturated heterocycles. The Kier molecular flexibility index (Phi) is 6.98. The van der Waals surface area contributed by atoms with Gasteiger partial charge in [-0.25, -0.2) is 4.79 Å². The molecule has 3 aliphatic heterocycles. The molecule has 0 radical (unpaired) electrons.